The minimum Gasteiger partial charge on any atom is -0.300 e. The van der Waals surface area contributed by atoms with Gasteiger partial charge in [-0.1, -0.05) is 0 Å². The summed E-state index contributed by atoms with van der Waals surface area (Å²) in [7, 11) is 2.33. The molecule has 3 fully saturated rings. The average molecular weight is 165 g/mol. The van der Waals surface area contributed by atoms with Crippen molar-refractivity contribution < 1.29 is 0 Å². The van der Waals surface area contributed by atoms with Crippen molar-refractivity contribution in [3.05, 3.63) is 0 Å². The van der Waals surface area contributed by atoms with Crippen LogP contribution in [0.25, 0.3) is 0 Å². The van der Waals surface area contributed by atoms with Gasteiger partial charge in [0.15, 0.2) is 0 Å². The fourth-order valence-corrected chi connectivity index (χ4v) is 3.62. The van der Waals surface area contributed by atoms with Gasteiger partial charge >= 0.3 is 0 Å². The quantitative estimate of drug-likeness (QED) is 0.532. The van der Waals surface area contributed by atoms with E-state index in [4.69, 9.17) is 0 Å². The predicted molar refractivity (Wildman–Crippen MR) is 50.0 cm³/mol. The van der Waals surface area contributed by atoms with E-state index in [1.54, 1.807) is 19.3 Å². The molecule has 0 radical (unpaired) electrons. The second-order valence-electron chi connectivity index (χ2n) is 5.49. The smallest absolute Gasteiger partial charge is 0.0129 e. The molecule has 1 spiro atoms. The Labute approximate surface area is 75.1 Å². The first kappa shape index (κ1) is 7.37. The Hall–Kier alpha value is -0.0400. The topological polar surface area (TPSA) is 3.24 Å². The molecule has 3 rings (SSSR count). The summed E-state index contributed by atoms with van der Waals surface area (Å²) < 4.78 is 0. The van der Waals surface area contributed by atoms with E-state index in [1.807, 2.05) is 0 Å². The van der Waals surface area contributed by atoms with E-state index in [-0.39, 0.29) is 0 Å². The number of nitrogens with zero attached hydrogens (tertiary/aromatic N) is 1. The van der Waals surface area contributed by atoms with Crippen molar-refractivity contribution in [2.75, 3.05) is 7.05 Å². The highest BCUT2D eigenvalue weighted by Crippen LogP contribution is 2.62. The number of hydrogen-bond acceptors (Lipinski definition) is 1. The van der Waals surface area contributed by atoms with Gasteiger partial charge in [0.2, 0.25) is 0 Å². The predicted octanol–water partition coefficient (Wildman–Crippen LogP) is 2.27. The van der Waals surface area contributed by atoms with E-state index in [1.165, 1.54) is 12.8 Å². The molecule has 1 aliphatic heterocycles. The number of fused-ring (bicyclic) bond motifs is 1. The molecule has 1 heterocycles. The van der Waals surface area contributed by atoms with Crippen molar-refractivity contribution in [2.24, 2.45) is 11.3 Å². The third-order valence-electron chi connectivity index (χ3n) is 4.70. The van der Waals surface area contributed by atoms with Crippen molar-refractivity contribution in [1.29, 1.82) is 0 Å². The maximum absolute atomic E-state index is 2.64. The van der Waals surface area contributed by atoms with Crippen molar-refractivity contribution in [3.63, 3.8) is 0 Å². The minimum absolute atomic E-state index is 0.857. The molecule has 2 aliphatic carbocycles. The molecule has 68 valence electrons. The zero-order chi connectivity index (χ0) is 8.34. The summed E-state index contributed by atoms with van der Waals surface area (Å²) in [4.78, 5) is 2.64. The molecule has 0 N–H and O–H groups in total. The van der Waals surface area contributed by atoms with Gasteiger partial charge in [0.05, 0.1) is 0 Å². The van der Waals surface area contributed by atoms with Crippen LogP contribution in [-0.4, -0.2) is 24.0 Å². The van der Waals surface area contributed by atoms with Crippen molar-refractivity contribution in [2.45, 2.75) is 51.1 Å². The van der Waals surface area contributed by atoms with Crippen LogP contribution in [0.2, 0.25) is 0 Å². The second-order valence-corrected chi connectivity index (χ2v) is 5.49. The van der Waals surface area contributed by atoms with Crippen molar-refractivity contribution in [1.82, 2.24) is 4.90 Å². The van der Waals surface area contributed by atoms with Crippen LogP contribution in [0.5, 0.6) is 0 Å². The Morgan fingerprint density at radius 1 is 1.25 bits per heavy atom. The largest absolute Gasteiger partial charge is 0.300 e. The summed E-state index contributed by atoms with van der Waals surface area (Å²) in [6.45, 7) is 2.39. The summed E-state index contributed by atoms with van der Waals surface area (Å²) in [6, 6.07) is 1.82. The first-order valence-corrected chi connectivity index (χ1v) is 5.42. The van der Waals surface area contributed by atoms with Gasteiger partial charge in [-0.2, -0.15) is 0 Å². The molecule has 1 saturated heterocycles. The molecule has 0 aromatic heterocycles. The molecule has 2 saturated carbocycles. The minimum atomic E-state index is 0.857. The third kappa shape index (κ3) is 0.834. The van der Waals surface area contributed by atoms with Crippen LogP contribution in [-0.2, 0) is 0 Å². The Kier molecular flexibility index (Phi) is 1.27. The highest BCUT2D eigenvalue weighted by Gasteiger charge is 2.56. The molecule has 1 heteroatoms. The van der Waals surface area contributed by atoms with Gasteiger partial charge in [-0.3, -0.25) is 0 Å². The van der Waals surface area contributed by atoms with Gasteiger partial charge < -0.3 is 4.90 Å². The summed E-state index contributed by atoms with van der Waals surface area (Å²) in [6.07, 6.45) is 7.65. The zero-order valence-corrected chi connectivity index (χ0v) is 8.21. The van der Waals surface area contributed by atoms with E-state index in [0.29, 0.717) is 0 Å². The zero-order valence-electron chi connectivity index (χ0n) is 8.21. The fourth-order valence-electron chi connectivity index (χ4n) is 3.62. The van der Waals surface area contributed by atoms with Crippen molar-refractivity contribution in [3.8, 4) is 0 Å². The Bertz CT molecular complexity index is 207. The SMILES string of the molecule is CC1CC2CC3(CC3)C[C@H]2N1C. The highest BCUT2D eigenvalue weighted by molar-refractivity contribution is 5.09. The summed E-state index contributed by atoms with van der Waals surface area (Å²) in [5.41, 5.74) is 0.865. The van der Waals surface area contributed by atoms with E-state index < -0.39 is 0 Å². The molecular formula is C11H19N. The van der Waals surface area contributed by atoms with Crippen LogP contribution in [0, 0.1) is 11.3 Å². The van der Waals surface area contributed by atoms with E-state index >= 15 is 0 Å². The fraction of sp³-hybridized carbons (Fsp3) is 1.00. The van der Waals surface area contributed by atoms with Crippen LogP contribution in [0.4, 0.5) is 0 Å². The van der Waals surface area contributed by atoms with Gasteiger partial charge in [-0.25, -0.2) is 0 Å². The number of likely N-dealkylation sites (tertiary alicyclic amines) is 1. The van der Waals surface area contributed by atoms with E-state index in [0.717, 1.165) is 23.4 Å². The lowest BCUT2D eigenvalue weighted by Crippen LogP contribution is -2.30. The van der Waals surface area contributed by atoms with Crippen LogP contribution in [0.3, 0.4) is 0 Å². The maximum Gasteiger partial charge on any atom is 0.0129 e. The van der Waals surface area contributed by atoms with Gasteiger partial charge in [0.25, 0.3) is 0 Å². The van der Waals surface area contributed by atoms with Gasteiger partial charge in [-0.15, -0.1) is 0 Å². The molecule has 3 atom stereocenters. The summed E-state index contributed by atoms with van der Waals surface area (Å²) in [5, 5.41) is 0. The molecule has 0 bridgehead atoms. The number of hydrogen-bond donors (Lipinski definition) is 0. The molecule has 0 aromatic rings. The van der Waals surface area contributed by atoms with Crippen LogP contribution in [0.15, 0.2) is 0 Å². The summed E-state index contributed by atoms with van der Waals surface area (Å²) >= 11 is 0. The Balaban J connectivity index is 1.80. The lowest BCUT2D eigenvalue weighted by atomic mass is 9.99. The maximum atomic E-state index is 2.64. The van der Waals surface area contributed by atoms with Crippen LogP contribution >= 0.6 is 0 Å². The monoisotopic (exact) mass is 165 g/mol. The molecule has 12 heavy (non-hydrogen) atoms. The average Bonchev–Trinajstić information content (AvgIpc) is 2.60. The van der Waals surface area contributed by atoms with Gasteiger partial charge in [-0.05, 0) is 57.4 Å². The molecular weight excluding hydrogens is 146 g/mol. The van der Waals surface area contributed by atoms with E-state index in [2.05, 4.69) is 18.9 Å². The van der Waals surface area contributed by atoms with Crippen molar-refractivity contribution >= 4 is 0 Å². The lowest BCUT2D eigenvalue weighted by molar-refractivity contribution is 0.235. The highest BCUT2D eigenvalue weighted by atomic mass is 15.2. The molecule has 2 unspecified atom stereocenters. The van der Waals surface area contributed by atoms with Crippen LogP contribution < -0.4 is 0 Å². The first-order chi connectivity index (χ1) is 5.70. The van der Waals surface area contributed by atoms with Crippen LogP contribution in [0.1, 0.15) is 39.0 Å². The summed E-state index contributed by atoms with van der Waals surface area (Å²) in [5.74, 6) is 1.06. The standard InChI is InChI=1S/C11H19N/c1-8-5-9-6-11(3-4-11)7-10(9)12(8)2/h8-10H,3-7H2,1-2H3/t8?,9?,10-/m1/s1. The van der Waals surface area contributed by atoms with E-state index in [9.17, 15) is 0 Å². The Morgan fingerprint density at radius 3 is 2.58 bits per heavy atom. The third-order valence-corrected chi connectivity index (χ3v) is 4.70. The normalized spacial score (nSPS) is 50.0. The number of rotatable bonds is 0. The first-order valence-electron chi connectivity index (χ1n) is 5.42. The Morgan fingerprint density at radius 2 is 2.00 bits per heavy atom. The van der Waals surface area contributed by atoms with Gasteiger partial charge in [0, 0.05) is 12.1 Å². The van der Waals surface area contributed by atoms with Gasteiger partial charge in [0.1, 0.15) is 0 Å². The molecule has 0 aromatic carbocycles. The molecule has 0 amide bonds. The molecule has 3 aliphatic rings. The molecule has 1 nitrogen and oxygen atoms in total. The second kappa shape index (κ2) is 2.06. The lowest BCUT2D eigenvalue weighted by Gasteiger charge is -2.22.